The maximum absolute atomic E-state index is 5.98. The summed E-state index contributed by atoms with van der Waals surface area (Å²) in [4.78, 5) is 2.49. The van der Waals surface area contributed by atoms with E-state index in [1.54, 1.807) is 7.11 Å². The molecule has 0 amide bonds. The molecule has 1 saturated heterocycles. The maximum atomic E-state index is 5.98. The molecule has 1 aromatic carbocycles. The summed E-state index contributed by atoms with van der Waals surface area (Å²) in [5.41, 5.74) is 8.67. The molecule has 0 aliphatic carbocycles. The Morgan fingerprint density at radius 1 is 1.40 bits per heavy atom. The summed E-state index contributed by atoms with van der Waals surface area (Å²) in [6.45, 7) is 5.17. The predicted octanol–water partition coefficient (Wildman–Crippen LogP) is 3.20. The molecule has 1 heterocycles. The van der Waals surface area contributed by atoms with Crippen molar-refractivity contribution < 1.29 is 4.74 Å². The topological polar surface area (TPSA) is 38.5 Å². The lowest BCUT2D eigenvalue weighted by Gasteiger charge is -2.35. The lowest BCUT2D eigenvalue weighted by molar-refractivity contribution is 0.139. The van der Waals surface area contributed by atoms with Gasteiger partial charge in [-0.05, 0) is 49.8 Å². The van der Waals surface area contributed by atoms with E-state index >= 15 is 0 Å². The molecule has 1 aliphatic heterocycles. The van der Waals surface area contributed by atoms with E-state index in [-0.39, 0.29) is 6.04 Å². The number of rotatable bonds is 5. The van der Waals surface area contributed by atoms with E-state index in [2.05, 4.69) is 46.0 Å². The molecule has 2 rings (SSSR count). The molecule has 4 heteroatoms. The zero-order chi connectivity index (χ0) is 14.5. The van der Waals surface area contributed by atoms with Crippen molar-refractivity contribution in [3.8, 4) is 0 Å². The molecule has 1 unspecified atom stereocenters. The van der Waals surface area contributed by atoms with Crippen LogP contribution in [0.2, 0.25) is 0 Å². The average molecular weight is 341 g/mol. The normalized spacial score (nSPS) is 18.3. The van der Waals surface area contributed by atoms with Crippen LogP contribution < -0.4 is 10.6 Å². The Kier molecular flexibility index (Phi) is 5.87. The summed E-state index contributed by atoms with van der Waals surface area (Å²) in [5, 5.41) is 0. The molecule has 112 valence electrons. The molecular formula is C16H25BrN2O. The fourth-order valence-corrected chi connectivity index (χ4v) is 3.28. The van der Waals surface area contributed by atoms with Crippen LogP contribution in [0, 0.1) is 5.92 Å². The SMILES string of the molecule is COCC1CCN(c2cc(Br)ccc2CC(C)N)CC1. The predicted molar refractivity (Wildman–Crippen MR) is 88.3 cm³/mol. The highest BCUT2D eigenvalue weighted by Gasteiger charge is 2.21. The van der Waals surface area contributed by atoms with Gasteiger partial charge >= 0.3 is 0 Å². The van der Waals surface area contributed by atoms with Gasteiger partial charge in [0.15, 0.2) is 0 Å². The van der Waals surface area contributed by atoms with Gasteiger partial charge in [0.2, 0.25) is 0 Å². The van der Waals surface area contributed by atoms with E-state index in [0.717, 1.165) is 30.6 Å². The quantitative estimate of drug-likeness (QED) is 0.894. The van der Waals surface area contributed by atoms with Gasteiger partial charge in [-0.15, -0.1) is 0 Å². The molecule has 0 aromatic heterocycles. The number of anilines is 1. The number of methoxy groups -OCH3 is 1. The second-order valence-corrected chi connectivity index (χ2v) is 6.76. The zero-order valence-electron chi connectivity index (χ0n) is 12.4. The summed E-state index contributed by atoms with van der Waals surface area (Å²) in [6, 6.07) is 6.73. The van der Waals surface area contributed by atoms with Crippen LogP contribution in [0.1, 0.15) is 25.3 Å². The first-order valence-electron chi connectivity index (χ1n) is 7.38. The van der Waals surface area contributed by atoms with Gasteiger partial charge in [-0.1, -0.05) is 22.0 Å². The second kappa shape index (κ2) is 7.43. The van der Waals surface area contributed by atoms with E-state index in [1.165, 1.54) is 24.1 Å². The molecule has 1 atom stereocenters. The standard InChI is InChI=1S/C16H25BrN2O/c1-12(18)9-14-3-4-15(17)10-16(14)19-7-5-13(6-8-19)11-20-2/h3-4,10,12-13H,5-9,11,18H2,1-2H3. The Labute approximate surface area is 130 Å². The van der Waals surface area contributed by atoms with Gasteiger partial charge < -0.3 is 15.4 Å². The lowest BCUT2D eigenvalue weighted by Crippen LogP contribution is -2.36. The molecule has 3 nitrogen and oxygen atoms in total. The summed E-state index contributed by atoms with van der Waals surface area (Å²) < 4.78 is 6.41. The minimum Gasteiger partial charge on any atom is -0.384 e. The van der Waals surface area contributed by atoms with Crippen LogP contribution in [-0.4, -0.2) is 32.8 Å². The molecule has 1 aliphatic rings. The Bertz CT molecular complexity index is 428. The monoisotopic (exact) mass is 340 g/mol. The number of benzene rings is 1. The minimum atomic E-state index is 0.195. The molecule has 0 radical (unpaired) electrons. The Balaban J connectivity index is 2.10. The van der Waals surface area contributed by atoms with Crippen molar-refractivity contribution in [3.63, 3.8) is 0 Å². The highest BCUT2D eigenvalue weighted by atomic mass is 79.9. The van der Waals surface area contributed by atoms with Crippen LogP contribution in [0.25, 0.3) is 0 Å². The molecule has 0 saturated carbocycles. The van der Waals surface area contributed by atoms with Gasteiger partial charge in [-0.25, -0.2) is 0 Å². The maximum Gasteiger partial charge on any atom is 0.0491 e. The number of ether oxygens (including phenoxy) is 1. The van der Waals surface area contributed by atoms with Gasteiger partial charge in [0, 0.05) is 43.0 Å². The third-order valence-corrected chi connectivity index (χ3v) is 4.44. The number of piperidine rings is 1. The number of nitrogens with two attached hydrogens (primary N) is 1. The van der Waals surface area contributed by atoms with Gasteiger partial charge in [-0.2, -0.15) is 0 Å². The van der Waals surface area contributed by atoms with Gasteiger partial charge in [0.25, 0.3) is 0 Å². The van der Waals surface area contributed by atoms with Crippen molar-refractivity contribution >= 4 is 21.6 Å². The van der Waals surface area contributed by atoms with Gasteiger partial charge in [-0.3, -0.25) is 0 Å². The van der Waals surface area contributed by atoms with Crippen molar-refractivity contribution in [1.82, 2.24) is 0 Å². The molecule has 2 N–H and O–H groups in total. The van der Waals surface area contributed by atoms with Crippen LogP contribution in [0.5, 0.6) is 0 Å². The fraction of sp³-hybridized carbons (Fsp3) is 0.625. The average Bonchev–Trinajstić information content (AvgIpc) is 2.42. The fourth-order valence-electron chi connectivity index (χ4n) is 2.93. The first-order valence-corrected chi connectivity index (χ1v) is 8.17. The molecule has 20 heavy (non-hydrogen) atoms. The summed E-state index contributed by atoms with van der Waals surface area (Å²) >= 11 is 3.59. The van der Waals surface area contributed by atoms with E-state index in [0.29, 0.717) is 5.92 Å². The molecule has 1 aromatic rings. The number of halogens is 1. The van der Waals surface area contributed by atoms with Crippen molar-refractivity contribution in [2.24, 2.45) is 11.7 Å². The Morgan fingerprint density at radius 3 is 2.70 bits per heavy atom. The van der Waals surface area contributed by atoms with Crippen molar-refractivity contribution in [1.29, 1.82) is 0 Å². The van der Waals surface area contributed by atoms with E-state index in [4.69, 9.17) is 10.5 Å². The number of hydrogen-bond donors (Lipinski definition) is 1. The van der Waals surface area contributed by atoms with E-state index < -0.39 is 0 Å². The van der Waals surface area contributed by atoms with E-state index in [9.17, 15) is 0 Å². The molecule has 0 spiro atoms. The van der Waals surface area contributed by atoms with Gasteiger partial charge in [0.1, 0.15) is 0 Å². The third-order valence-electron chi connectivity index (χ3n) is 3.95. The minimum absolute atomic E-state index is 0.195. The van der Waals surface area contributed by atoms with Crippen molar-refractivity contribution in [3.05, 3.63) is 28.2 Å². The molecule has 1 fully saturated rings. The lowest BCUT2D eigenvalue weighted by atomic mass is 9.96. The summed E-state index contributed by atoms with van der Waals surface area (Å²) in [7, 11) is 1.79. The molecular weight excluding hydrogens is 316 g/mol. The Hall–Kier alpha value is -0.580. The van der Waals surface area contributed by atoms with Crippen LogP contribution in [0.4, 0.5) is 5.69 Å². The third kappa shape index (κ3) is 4.21. The summed E-state index contributed by atoms with van der Waals surface area (Å²) in [5.74, 6) is 0.709. The largest absolute Gasteiger partial charge is 0.384 e. The van der Waals surface area contributed by atoms with Crippen LogP contribution >= 0.6 is 15.9 Å². The number of hydrogen-bond acceptors (Lipinski definition) is 3. The van der Waals surface area contributed by atoms with Gasteiger partial charge in [0.05, 0.1) is 0 Å². The zero-order valence-corrected chi connectivity index (χ0v) is 14.0. The van der Waals surface area contributed by atoms with Crippen LogP contribution in [0.3, 0.4) is 0 Å². The first kappa shape index (κ1) is 15.8. The molecule has 0 bridgehead atoms. The first-order chi connectivity index (χ1) is 9.60. The Morgan fingerprint density at radius 2 is 2.10 bits per heavy atom. The number of nitrogens with zero attached hydrogens (tertiary/aromatic N) is 1. The summed E-state index contributed by atoms with van der Waals surface area (Å²) in [6.07, 6.45) is 3.34. The highest BCUT2D eigenvalue weighted by molar-refractivity contribution is 9.10. The van der Waals surface area contributed by atoms with Crippen molar-refractivity contribution in [2.45, 2.75) is 32.2 Å². The van der Waals surface area contributed by atoms with E-state index in [1.807, 2.05) is 0 Å². The highest BCUT2D eigenvalue weighted by Crippen LogP contribution is 2.30. The van der Waals surface area contributed by atoms with Crippen molar-refractivity contribution in [2.75, 3.05) is 31.7 Å². The smallest absolute Gasteiger partial charge is 0.0491 e. The second-order valence-electron chi connectivity index (χ2n) is 5.84. The van der Waals surface area contributed by atoms with Crippen LogP contribution in [0.15, 0.2) is 22.7 Å². The van der Waals surface area contributed by atoms with Crippen LogP contribution in [-0.2, 0) is 11.2 Å².